The summed E-state index contributed by atoms with van der Waals surface area (Å²) in [5.74, 6) is -2.86. The minimum absolute atomic E-state index is 0.0252. The van der Waals surface area contributed by atoms with E-state index in [0.717, 1.165) is 12.8 Å². The van der Waals surface area contributed by atoms with E-state index in [2.05, 4.69) is 59.1 Å². The highest BCUT2D eigenvalue weighted by Crippen LogP contribution is 2.33. The van der Waals surface area contributed by atoms with E-state index < -0.39 is 17.5 Å². The maximum atomic E-state index is 15.4. The first kappa shape index (κ1) is 47.0. The van der Waals surface area contributed by atoms with Crippen LogP contribution >= 0.6 is 24.2 Å². The summed E-state index contributed by atoms with van der Waals surface area (Å²) in [6.45, 7) is 7.75. The maximum absolute atomic E-state index is 15.4. The van der Waals surface area contributed by atoms with Crippen molar-refractivity contribution in [3.63, 3.8) is 0 Å². The molecule has 57 heavy (non-hydrogen) atoms. The lowest BCUT2D eigenvalue weighted by Crippen LogP contribution is -3.05. The normalized spacial score (nSPS) is 13.3. The summed E-state index contributed by atoms with van der Waals surface area (Å²) in [7, 11) is 10.7. The van der Waals surface area contributed by atoms with Crippen LogP contribution in [0.15, 0.2) is 42.7 Å². The highest BCUT2D eigenvalue weighted by atomic mass is 35.5. The molecule has 1 aliphatic heterocycles. The molecule has 2 amide bonds. The predicted octanol–water partition coefficient (Wildman–Crippen LogP) is 4.93. The zero-order chi connectivity index (χ0) is 42.2. The van der Waals surface area contributed by atoms with Crippen LogP contribution < -0.4 is 15.5 Å². The van der Waals surface area contributed by atoms with Crippen molar-refractivity contribution < 1.29 is 37.5 Å². The van der Waals surface area contributed by atoms with E-state index >= 15 is 8.78 Å². The minimum atomic E-state index is -1.07. The van der Waals surface area contributed by atoms with E-state index in [4.69, 9.17) is 21.1 Å². The lowest BCUT2D eigenvalue weighted by molar-refractivity contribution is -0.858. The number of anilines is 1. The number of benzene rings is 2. The van der Waals surface area contributed by atoms with Gasteiger partial charge in [-0.15, -0.1) is 0 Å². The Balaban J connectivity index is 0.000000578. The molecule has 1 aliphatic rings. The second-order valence-electron chi connectivity index (χ2n) is 13.8. The van der Waals surface area contributed by atoms with Gasteiger partial charge in [-0.05, 0) is 57.5 Å². The molecule has 13 nitrogen and oxygen atoms in total. The third-order valence-corrected chi connectivity index (χ3v) is 10.6. The molecule has 0 radical (unpaired) electrons. The van der Waals surface area contributed by atoms with Crippen LogP contribution in [0.3, 0.4) is 0 Å². The Morgan fingerprint density at radius 1 is 1.09 bits per heavy atom. The molecule has 3 N–H and O–H groups in total. The van der Waals surface area contributed by atoms with Crippen molar-refractivity contribution in [2.75, 3.05) is 66.9 Å². The lowest BCUT2D eigenvalue weighted by Gasteiger charge is -2.32. The average Bonchev–Trinajstić information content (AvgIpc) is 3.78. The molecule has 312 valence electrons. The first-order valence-electron chi connectivity index (χ1n) is 18.7. The van der Waals surface area contributed by atoms with Crippen LogP contribution in [0, 0.1) is 18.6 Å². The van der Waals surface area contributed by atoms with Crippen LogP contribution in [0.25, 0.3) is 22.4 Å². The summed E-state index contributed by atoms with van der Waals surface area (Å²) in [5.41, 5.74) is 2.11. The zero-order valence-electron chi connectivity index (χ0n) is 34.0. The number of thiol groups is 1. The van der Waals surface area contributed by atoms with Gasteiger partial charge in [0.2, 0.25) is 0 Å². The number of rotatable bonds is 14. The van der Waals surface area contributed by atoms with Crippen LogP contribution in [0.2, 0.25) is 5.02 Å². The number of hydrogen-bond acceptors (Lipinski definition) is 9. The van der Waals surface area contributed by atoms with Gasteiger partial charge in [0.15, 0.2) is 17.5 Å². The number of hydrogen-bond donors (Lipinski definition) is 4. The summed E-state index contributed by atoms with van der Waals surface area (Å²) in [5, 5.41) is 11.0. The number of imidazole rings is 1. The SMILES string of the molecule is CCC(S)CC[NH+](C)C.CNC1CCN(C(=O)c2ccc(NC(=O)c3ncc(-c4ccc(-c5cnn(CCOC)c5C)c(F)c4F)n3C)cc2Cl)CC1.COC=O. The van der Waals surface area contributed by atoms with Crippen molar-refractivity contribution in [3.05, 3.63) is 76.5 Å². The maximum Gasteiger partial charge on any atom is 0.292 e. The van der Waals surface area contributed by atoms with Gasteiger partial charge in [0, 0.05) is 73.0 Å². The molecule has 0 aliphatic carbocycles. The third-order valence-electron chi connectivity index (χ3n) is 9.64. The molecule has 17 heteroatoms. The second-order valence-corrected chi connectivity index (χ2v) is 15.0. The van der Waals surface area contributed by atoms with Gasteiger partial charge in [0.1, 0.15) is 0 Å². The van der Waals surface area contributed by atoms with E-state index in [1.165, 1.54) is 66.6 Å². The van der Waals surface area contributed by atoms with E-state index in [1.807, 2.05) is 7.05 Å². The lowest BCUT2D eigenvalue weighted by atomic mass is 10.0. The number of nitrogens with one attached hydrogen (secondary N) is 3. The number of carbonyl (C=O) groups is 3. The van der Waals surface area contributed by atoms with Crippen LogP contribution in [0.4, 0.5) is 14.5 Å². The molecule has 1 fully saturated rings. The Bertz CT molecular complexity index is 1930. The number of aromatic nitrogens is 4. The molecule has 5 rings (SSSR count). The van der Waals surface area contributed by atoms with Crippen molar-refractivity contribution in [3.8, 4) is 22.4 Å². The first-order chi connectivity index (χ1) is 27.2. The Morgan fingerprint density at radius 3 is 2.32 bits per heavy atom. The molecule has 0 spiro atoms. The molecule has 1 saturated heterocycles. The molecule has 1 atom stereocenters. The number of carbonyl (C=O) groups excluding carboxylic acids is 3. The Labute approximate surface area is 344 Å². The van der Waals surface area contributed by atoms with E-state index in [-0.39, 0.29) is 33.6 Å². The van der Waals surface area contributed by atoms with Gasteiger partial charge in [-0.2, -0.15) is 17.7 Å². The molecule has 2 aromatic carbocycles. The highest BCUT2D eigenvalue weighted by Gasteiger charge is 2.26. The molecule has 0 saturated carbocycles. The molecular formula is C40H56ClF2N8O5S+. The average molecular weight is 834 g/mol. The standard InChI is InChI=1S/C31H34ClF2N7O3.C7H17NS.C2H4O2/c1-18-24(16-37-41(18)13-14-44-4)21-7-8-23(28(34)27(21)33)26-17-36-29(39(26)3)30(42)38-20-5-6-22(25(32)15-20)31(43)40-11-9-19(35-2)10-12-40;1-4-7(9)5-6-8(2)3;1-4-2-3/h5-8,15-17,19,35H,9-14H2,1-4H3,(H,38,42);7,9H,4-6H2,1-3H3;2H,1H3/p+1. The van der Waals surface area contributed by atoms with Crippen LogP contribution in [0.1, 0.15) is 59.3 Å². The van der Waals surface area contributed by atoms with Crippen molar-refractivity contribution in [1.82, 2.24) is 29.5 Å². The first-order valence-corrected chi connectivity index (χ1v) is 19.6. The number of halogens is 3. The summed E-state index contributed by atoms with van der Waals surface area (Å²) in [6, 6.07) is 8.00. The van der Waals surface area contributed by atoms with Crippen LogP contribution in [0.5, 0.6) is 0 Å². The van der Waals surface area contributed by atoms with E-state index in [1.54, 1.807) is 42.8 Å². The summed E-state index contributed by atoms with van der Waals surface area (Å²) >= 11 is 10.8. The summed E-state index contributed by atoms with van der Waals surface area (Å²) < 4.78 is 42.8. The van der Waals surface area contributed by atoms with Crippen LogP contribution in [-0.4, -0.2) is 115 Å². The highest BCUT2D eigenvalue weighted by molar-refractivity contribution is 7.80. The predicted molar refractivity (Wildman–Crippen MR) is 222 cm³/mol. The fourth-order valence-electron chi connectivity index (χ4n) is 6.09. The number of likely N-dealkylation sites (tertiary alicyclic amines) is 1. The minimum Gasteiger partial charge on any atom is -0.471 e. The monoisotopic (exact) mass is 833 g/mol. The second kappa shape index (κ2) is 23.2. The van der Waals surface area contributed by atoms with Gasteiger partial charge in [-0.25, -0.2) is 13.8 Å². The molecular weight excluding hydrogens is 778 g/mol. The summed E-state index contributed by atoms with van der Waals surface area (Å²) in [4.78, 5) is 42.5. The quantitative estimate of drug-likeness (QED) is 0.104. The van der Waals surface area contributed by atoms with Gasteiger partial charge < -0.3 is 34.5 Å². The van der Waals surface area contributed by atoms with Gasteiger partial charge in [-0.1, -0.05) is 24.6 Å². The molecule has 0 bridgehead atoms. The Hall–Kier alpha value is -4.35. The molecule has 3 heterocycles. The molecule has 4 aromatic rings. The molecule has 2 aromatic heterocycles. The molecule has 1 unspecified atom stereocenters. The van der Waals surface area contributed by atoms with Crippen molar-refractivity contribution in [2.45, 2.75) is 57.4 Å². The van der Waals surface area contributed by atoms with Gasteiger partial charge in [-0.3, -0.25) is 19.1 Å². The zero-order valence-corrected chi connectivity index (χ0v) is 35.6. The smallest absolute Gasteiger partial charge is 0.292 e. The Kier molecular flexibility index (Phi) is 19.1. The van der Waals surface area contributed by atoms with E-state index in [9.17, 15) is 9.59 Å². The topological polar surface area (TPSA) is 137 Å². The fraction of sp³-hybridized carbons (Fsp3) is 0.475. The van der Waals surface area contributed by atoms with Gasteiger partial charge in [0.05, 0.1) is 69.6 Å². The van der Waals surface area contributed by atoms with Crippen molar-refractivity contribution >= 4 is 48.2 Å². The van der Waals surface area contributed by atoms with Crippen molar-refractivity contribution in [2.24, 2.45) is 7.05 Å². The Morgan fingerprint density at radius 2 is 1.74 bits per heavy atom. The number of nitrogens with zero attached hydrogens (tertiary/aromatic N) is 5. The fourth-order valence-corrected chi connectivity index (χ4v) is 6.48. The van der Waals surface area contributed by atoms with E-state index in [0.29, 0.717) is 66.5 Å². The largest absolute Gasteiger partial charge is 0.471 e. The number of methoxy groups -OCH3 is 2. The van der Waals surface area contributed by atoms with Crippen molar-refractivity contribution in [1.29, 1.82) is 0 Å². The van der Waals surface area contributed by atoms with Crippen LogP contribution in [-0.2, 0) is 27.9 Å². The van der Waals surface area contributed by atoms with Gasteiger partial charge >= 0.3 is 0 Å². The number of quaternary nitrogens is 1. The number of piperidine rings is 1. The summed E-state index contributed by atoms with van der Waals surface area (Å²) in [6.07, 6.45) is 6.96. The number of ether oxygens (including phenoxy) is 2. The van der Waals surface area contributed by atoms with Gasteiger partial charge in [0.25, 0.3) is 18.3 Å². The third kappa shape index (κ3) is 12.8. The number of amides is 2.